The van der Waals surface area contributed by atoms with E-state index in [2.05, 4.69) is 15.2 Å². The molecule has 4 aromatic rings. The monoisotopic (exact) mass is 635 g/mol. The van der Waals surface area contributed by atoms with Crippen molar-refractivity contribution in [2.45, 2.75) is 44.7 Å². The Hall–Kier alpha value is -4.62. The molecule has 5 rings (SSSR count). The zero-order chi connectivity index (χ0) is 32.5. The first-order valence-electron chi connectivity index (χ1n) is 14.6. The number of likely N-dealkylation sites (N-methyl/N-ethyl adjacent to an activating group) is 1. The Morgan fingerprint density at radius 2 is 1.89 bits per heavy atom. The molecular formula is C32H37N5O7S. The van der Waals surface area contributed by atoms with Gasteiger partial charge in [0.05, 0.1) is 30.4 Å². The van der Waals surface area contributed by atoms with Gasteiger partial charge in [-0.2, -0.15) is 0 Å². The first-order valence-corrected chi connectivity index (χ1v) is 16.1. The molecule has 2 heterocycles. The molecule has 13 heteroatoms. The molecule has 0 spiro atoms. The van der Waals surface area contributed by atoms with E-state index in [0.717, 1.165) is 10.8 Å². The van der Waals surface area contributed by atoms with Crippen LogP contribution in [0.1, 0.15) is 35.7 Å². The topological polar surface area (TPSA) is 154 Å². The van der Waals surface area contributed by atoms with Gasteiger partial charge in [0.2, 0.25) is 0 Å². The van der Waals surface area contributed by atoms with Gasteiger partial charge >= 0.3 is 6.03 Å². The molecule has 0 fully saturated rings. The van der Waals surface area contributed by atoms with Crippen molar-refractivity contribution in [2.75, 3.05) is 36.8 Å². The van der Waals surface area contributed by atoms with Gasteiger partial charge in [-0.3, -0.25) is 9.52 Å². The molecule has 0 saturated heterocycles. The molecule has 0 saturated carbocycles. The highest BCUT2D eigenvalue weighted by molar-refractivity contribution is 7.92. The number of carbonyl (C=O) groups is 2. The van der Waals surface area contributed by atoms with E-state index in [1.165, 1.54) is 36.9 Å². The molecular weight excluding hydrogens is 598 g/mol. The number of hydrogen-bond donors (Lipinski definition) is 3. The largest absolute Gasteiger partial charge is 0.487 e. The van der Waals surface area contributed by atoms with Crippen molar-refractivity contribution in [3.8, 4) is 5.75 Å². The predicted octanol–water partition coefficient (Wildman–Crippen LogP) is 4.63. The molecule has 0 aliphatic carbocycles. The minimum Gasteiger partial charge on any atom is -0.487 e. The summed E-state index contributed by atoms with van der Waals surface area (Å²) in [5, 5.41) is 18.6. The molecule has 0 unspecified atom stereocenters. The number of amides is 3. The lowest BCUT2D eigenvalue weighted by Crippen LogP contribution is -2.50. The van der Waals surface area contributed by atoms with Gasteiger partial charge in [0.1, 0.15) is 17.5 Å². The van der Waals surface area contributed by atoms with Gasteiger partial charge in [0.15, 0.2) is 10.7 Å². The quantitative estimate of drug-likeness (QED) is 0.253. The molecule has 3 amide bonds. The number of anilines is 2. The molecule has 238 valence electrons. The van der Waals surface area contributed by atoms with E-state index in [9.17, 15) is 23.1 Å². The number of sulfonamides is 1. The van der Waals surface area contributed by atoms with Crippen molar-refractivity contribution in [1.29, 1.82) is 0 Å². The summed E-state index contributed by atoms with van der Waals surface area (Å²) in [4.78, 5) is 30.1. The normalized spacial score (nSPS) is 17.6. The third-order valence-electron chi connectivity index (χ3n) is 7.99. The number of urea groups is 1. The Bertz CT molecular complexity index is 1820. The number of benzene rings is 3. The zero-order valence-corrected chi connectivity index (χ0v) is 26.6. The summed E-state index contributed by atoms with van der Waals surface area (Å²) in [5.74, 6) is -0.284. The third kappa shape index (κ3) is 6.59. The molecule has 12 nitrogen and oxygen atoms in total. The lowest BCUT2D eigenvalue weighted by molar-refractivity contribution is 0.0371. The second-order valence-electron chi connectivity index (χ2n) is 11.4. The average molecular weight is 636 g/mol. The van der Waals surface area contributed by atoms with Crippen LogP contribution in [0.25, 0.3) is 10.8 Å². The smallest absolute Gasteiger partial charge is 0.321 e. The minimum absolute atomic E-state index is 0.0777. The van der Waals surface area contributed by atoms with Crippen LogP contribution in [0.4, 0.5) is 16.2 Å². The fourth-order valence-electron chi connectivity index (χ4n) is 5.47. The van der Waals surface area contributed by atoms with Gasteiger partial charge in [-0.05, 0) is 50.4 Å². The van der Waals surface area contributed by atoms with Gasteiger partial charge in [-0.25, -0.2) is 13.2 Å². The molecule has 0 bridgehead atoms. The molecule has 3 atom stereocenters. The molecule has 3 aromatic carbocycles. The Labute approximate surface area is 262 Å². The highest BCUT2D eigenvalue weighted by Crippen LogP contribution is 2.32. The highest BCUT2D eigenvalue weighted by atomic mass is 32.2. The maximum absolute atomic E-state index is 13.8. The predicted molar refractivity (Wildman–Crippen MR) is 170 cm³/mol. The molecule has 1 aliphatic rings. The maximum atomic E-state index is 13.8. The standard InChI is InChI=1S/C32H37N5O7S/c1-19-16-37(20(2)18-38)31(39)26-15-24(35-45(41,42)30-21(3)34-44-22(30)4)13-14-28(26)43-29(19)17-36(5)32(40)33-27-12-8-10-23-9-6-7-11-25(23)27/h6-15,19-20,29,35,38H,16-18H2,1-5H3,(H,33,40)/t19-,20-,29-/m1/s1. The number of hydrogen-bond acceptors (Lipinski definition) is 8. The minimum atomic E-state index is -4.07. The number of aryl methyl sites for hydroxylation is 2. The fraction of sp³-hybridized carbons (Fsp3) is 0.344. The lowest BCUT2D eigenvalue weighted by atomic mass is 9.99. The molecule has 45 heavy (non-hydrogen) atoms. The second-order valence-corrected chi connectivity index (χ2v) is 13.0. The molecule has 1 aliphatic heterocycles. The van der Waals surface area contributed by atoms with Crippen LogP contribution in [0.15, 0.2) is 70.1 Å². The van der Waals surface area contributed by atoms with Crippen LogP contribution < -0.4 is 14.8 Å². The fourth-order valence-corrected chi connectivity index (χ4v) is 6.85. The van der Waals surface area contributed by atoms with Crippen LogP contribution in [-0.4, -0.2) is 79.3 Å². The number of nitrogens with one attached hydrogen (secondary N) is 2. The van der Waals surface area contributed by atoms with Crippen molar-refractivity contribution >= 4 is 44.1 Å². The van der Waals surface area contributed by atoms with Crippen LogP contribution in [-0.2, 0) is 10.0 Å². The van der Waals surface area contributed by atoms with Gasteiger partial charge < -0.3 is 29.5 Å². The van der Waals surface area contributed by atoms with Crippen molar-refractivity contribution in [1.82, 2.24) is 15.0 Å². The first kappa shape index (κ1) is 31.8. The van der Waals surface area contributed by atoms with Crippen LogP contribution in [0.5, 0.6) is 5.75 Å². The Kier molecular flexibility index (Phi) is 9.03. The van der Waals surface area contributed by atoms with Crippen molar-refractivity contribution in [3.63, 3.8) is 0 Å². The van der Waals surface area contributed by atoms with Crippen LogP contribution >= 0.6 is 0 Å². The van der Waals surface area contributed by atoms with Gasteiger partial charge in [-0.1, -0.05) is 48.5 Å². The van der Waals surface area contributed by atoms with E-state index in [0.29, 0.717) is 5.69 Å². The van der Waals surface area contributed by atoms with E-state index >= 15 is 0 Å². The van der Waals surface area contributed by atoms with Gasteiger partial charge in [-0.15, -0.1) is 0 Å². The zero-order valence-electron chi connectivity index (χ0n) is 25.8. The number of aliphatic hydroxyl groups excluding tert-OH is 1. The summed E-state index contributed by atoms with van der Waals surface area (Å²) in [6, 6.07) is 17.1. The number of rotatable bonds is 8. The summed E-state index contributed by atoms with van der Waals surface area (Å²) in [7, 11) is -2.41. The molecule has 0 radical (unpaired) electrons. The van der Waals surface area contributed by atoms with Crippen molar-refractivity contribution in [2.24, 2.45) is 5.92 Å². The summed E-state index contributed by atoms with van der Waals surface area (Å²) in [6.45, 7) is 6.83. The first-order chi connectivity index (χ1) is 21.4. The van der Waals surface area contributed by atoms with E-state index < -0.39 is 28.1 Å². The van der Waals surface area contributed by atoms with E-state index in [-0.39, 0.29) is 65.0 Å². The second kappa shape index (κ2) is 12.8. The van der Waals surface area contributed by atoms with E-state index in [1.54, 1.807) is 18.9 Å². The lowest BCUT2D eigenvalue weighted by Gasteiger charge is -2.38. The number of fused-ring (bicyclic) bond motifs is 2. The van der Waals surface area contributed by atoms with Crippen LogP contribution in [0.3, 0.4) is 0 Å². The average Bonchev–Trinajstić information content (AvgIpc) is 3.37. The van der Waals surface area contributed by atoms with Crippen molar-refractivity contribution < 1.29 is 32.4 Å². The third-order valence-corrected chi connectivity index (χ3v) is 9.61. The summed E-state index contributed by atoms with van der Waals surface area (Å²) < 4.78 is 40.2. The summed E-state index contributed by atoms with van der Waals surface area (Å²) in [6.07, 6.45) is -0.543. The highest BCUT2D eigenvalue weighted by Gasteiger charge is 2.34. The number of nitrogens with zero attached hydrogens (tertiary/aromatic N) is 3. The number of aromatic nitrogens is 1. The summed E-state index contributed by atoms with van der Waals surface area (Å²) >= 11 is 0. The Morgan fingerprint density at radius 1 is 1.16 bits per heavy atom. The van der Waals surface area contributed by atoms with Crippen LogP contribution in [0, 0.1) is 19.8 Å². The molecule has 3 N–H and O–H groups in total. The van der Waals surface area contributed by atoms with Gasteiger partial charge in [0, 0.05) is 30.6 Å². The number of aliphatic hydroxyl groups is 1. The van der Waals surface area contributed by atoms with Crippen molar-refractivity contribution in [3.05, 3.63) is 77.7 Å². The summed E-state index contributed by atoms with van der Waals surface area (Å²) in [5.41, 5.74) is 1.15. The Balaban J connectivity index is 1.42. The van der Waals surface area contributed by atoms with E-state index in [1.807, 2.05) is 49.4 Å². The van der Waals surface area contributed by atoms with Crippen LogP contribution in [0.2, 0.25) is 0 Å². The number of carbonyl (C=O) groups excluding carboxylic acids is 2. The van der Waals surface area contributed by atoms with Gasteiger partial charge in [0.25, 0.3) is 15.9 Å². The van der Waals surface area contributed by atoms with E-state index in [4.69, 9.17) is 9.26 Å². The maximum Gasteiger partial charge on any atom is 0.321 e. The SMILES string of the molecule is Cc1noc(C)c1S(=O)(=O)Nc1ccc2c(c1)C(=O)N([C@H](C)CO)C[C@@H](C)[C@@H](CN(C)C(=O)Nc1cccc3ccccc13)O2. The number of ether oxygens (including phenoxy) is 1. The molecule has 1 aromatic heterocycles. The Morgan fingerprint density at radius 3 is 2.60 bits per heavy atom.